The third-order valence-corrected chi connectivity index (χ3v) is 4.93. The van der Waals surface area contributed by atoms with Crippen molar-refractivity contribution in [3.8, 4) is 18.4 Å². The van der Waals surface area contributed by atoms with Crippen LogP contribution in [0.5, 0.6) is 0 Å². The molecule has 0 unspecified atom stereocenters. The van der Waals surface area contributed by atoms with Crippen LogP contribution in [0.1, 0.15) is 55.7 Å². The molecule has 33 heavy (non-hydrogen) atoms. The van der Waals surface area contributed by atoms with Crippen molar-refractivity contribution in [2.24, 2.45) is 0 Å². The summed E-state index contributed by atoms with van der Waals surface area (Å²) in [5.74, 6) is 0.758. The largest absolute Gasteiger partial charge is 0.347 e. The summed E-state index contributed by atoms with van der Waals surface area (Å²) in [5.41, 5.74) is 3.20. The van der Waals surface area contributed by atoms with Crippen LogP contribution < -0.4 is 10.6 Å². The monoisotopic (exact) mass is 441 g/mol. The van der Waals surface area contributed by atoms with E-state index in [1.165, 1.54) is 24.3 Å². The molecule has 1 heterocycles. The van der Waals surface area contributed by atoms with E-state index >= 15 is 0 Å². The fourth-order valence-corrected chi connectivity index (χ4v) is 3.13. The molecule has 0 aliphatic carbocycles. The van der Waals surface area contributed by atoms with Crippen molar-refractivity contribution in [1.82, 2.24) is 20.6 Å². The van der Waals surface area contributed by atoms with Gasteiger partial charge in [0, 0.05) is 19.2 Å². The number of terminal acetylenes is 1. The van der Waals surface area contributed by atoms with Crippen LogP contribution in [0.4, 0.5) is 4.39 Å². The predicted octanol–water partition coefficient (Wildman–Crippen LogP) is 2.89. The van der Waals surface area contributed by atoms with Crippen molar-refractivity contribution in [2.75, 3.05) is 0 Å². The average molecular weight is 441 g/mol. The first-order valence-electron chi connectivity index (χ1n) is 10.1. The molecule has 2 aromatic carbocycles. The molecule has 0 saturated heterocycles. The molecule has 0 bridgehead atoms. The highest BCUT2D eigenvalue weighted by Crippen LogP contribution is 2.13. The van der Waals surface area contributed by atoms with Crippen LogP contribution in [0, 0.1) is 29.5 Å². The number of nitriles is 1. The molecule has 2 N–H and O–H groups in total. The van der Waals surface area contributed by atoms with E-state index in [1.807, 2.05) is 6.92 Å². The Morgan fingerprint density at radius 1 is 1.00 bits per heavy atom. The normalized spacial score (nSPS) is 10.1. The van der Waals surface area contributed by atoms with Gasteiger partial charge in [-0.3, -0.25) is 9.59 Å². The summed E-state index contributed by atoms with van der Waals surface area (Å²) in [4.78, 5) is 32.9. The van der Waals surface area contributed by atoms with Gasteiger partial charge in [-0.1, -0.05) is 25.0 Å². The van der Waals surface area contributed by atoms with Crippen molar-refractivity contribution >= 4 is 11.8 Å². The first kappa shape index (κ1) is 23.1. The lowest BCUT2D eigenvalue weighted by Crippen LogP contribution is -2.27. The highest BCUT2D eigenvalue weighted by atomic mass is 19.1. The summed E-state index contributed by atoms with van der Waals surface area (Å²) in [6.07, 6.45) is 7.11. The number of nitrogens with zero attached hydrogens (tertiary/aromatic N) is 3. The third kappa shape index (κ3) is 5.78. The quantitative estimate of drug-likeness (QED) is 0.548. The number of aryl methyl sites for hydroxylation is 1. The standard InChI is InChI=1S/C25H20FN5O2/c1-3-18-9-16(12-27)5-7-20(18)14-29-25(33)23-11-22(30-15-31-23)24(32)28-13-17-6-8-21(26)19(4-2)10-17/h2,5-11,15H,3,13-14H2,1H3,(H,28,32)(H,29,33). The van der Waals surface area contributed by atoms with Crippen LogP contribution in [0.25, 0.3) is 0 Å². The molecule has 0 atom stereocenters. The molecule has 0 radical (unpaired) electrons. The molecular weight excluding hydrogens is 421 g/mol. The second-order valence-electron chi connectivity index (χ2n) is 7.06. The molecule has 7 nitrogen and oxygen atoms in total. The zero-order valence-corrected chi connectivity index (χ0v) is 17.9. The first-order valence-corrected chi connectivity index (χ1v) is 10.1. The number of carbonyl (C=O) groups excluding carboxylic acids is 2. The Bertz CT molecular complexity index is 1290. The number of amides is 2. The summed E-state index contributed by atoms with van der Waals surface area (Å²) in [6, 6.07) is 12.9. The van der Waals surface area contributed by atoms with Crippen molar-refractivity contribution < 1.29 is 14.0 Å². The fourth-order valence-electron chi connectivity index (χ4n) is 3.13. The Labute approximate surface area is 190 Å². The Hall–Kier alpha value is -4.56. The molecule has 1 aromatic heterocycles. The van der Waals surface area contributed by atoms with Gasteiger partial charge in [0.05, 0.1) is 17.2 Å². The minimum atomic E-state index is -0.515. The van der Waals surface area contributed by atoms with Crippen LogP contribution in [-0.2, 0) is 19.5 Å². The van der Waals surface area contributed by atoms with Gasteiger partial charge in [-0.2, -0.15) is 5.26 Å². The molecule has 0 aliphatic rings. The molecule has 8 heteroatoms. The van der Waals surface area contributed by atoms with Crippen LogP contribution in [-0.4, -0.2) is 21.8 Å². The topological polar surface area (TPSA) is 108 Å². The first-order chi connectivity index (χ1) is 15.9. The second kappa shape index (κ2) is 10.7. The van der Waals surface area contributed by atoms with E-state index in [9.17, 15) is 14.0 Å². The molecule has 0 fully saturated rings. The van der Waals surface area contributed by atoms with Crippen LogP contribution in [0.15, 0.2) is 48.8 Å². The van der Waals surface area contributed by atoms with E-state index < -0.39 is 17.6 Å². The minimum Gasteiger partial charge on any atom is -0.347 e. The number of rotatable bonds is 7. The van der Waals surface area contributed by atoms with E-state index in [-0.39, 0.29) is 30.0 Å². The van der Waals surface area contributed by atoms with Gasteiger partial charge in [0.25, 0.3) is 11.8 Å². The molecule has 0 spiro atoms. The average Bonchev–Trinajstić information content (AvgIpc) is 2.86. The maximum absolute atomic E-state index is 13.5. The van der Waals surface area contributed by atoms with E-state index in [4.69, 9.17) is 11.7 Å². The Morgan fingerprint density at radius 3 is 2.33 bits per heavy atom. The highest BCUT2D eigenvalue weighted by Gasteiger charge is 2.14. The number of nitrogens with one attached hydrogen (secondary N) is 2. The highest BCUT2D eigenvalue weighted by molar-refractivity contribution is 5.97. The maximum Gasteiger partial charge on any atom is 0.270 e. The smallest absolute Gasteiger partial charge is 0.270 e. The molecule has 3 rings (SSSR count). The summed E-state index contributed by atoms with van der Waals surface area (Å²) in [5, 5.41) is 14.5. The van der Waals surface area contributed by atoms with Crippen molar-refractivity contribution in [1.29, 1.82) is 5.26 Å². The SMILES string of the molecule is C#Cc1cc(CNC(=O)c2cc(C(=O)NCc3ccc(C#N)cc3CC)ncn2)ccc1F. The number of benzene rings is 2. The van der Waals surface area contributed by atoms with Gasteiger partial charge in [-0.15, -0.1) is 6.42 Å². The lowest BCUT2D eigenvalue weighted by molar-refractivity contribution is 0.0944. The summed E-state index contributed by atoms with van der Waals surface area (Å²) < 4.78 is 13.5. The van der Waals surface area contributed by atoms with Gasteiger partial charge >= 0.3 is 0 Å². The van der Waals surface area contributed by atoms with Crippen LogP contribution >= 0.6 is 0 Å². The van der Waals surface area contributed by atoms with Crippen molar-refractivity contribution in [3.63, 3.8) is 0 Å². The third-order valence-electron chi connectivity index (χ3n) is 4.93. The van der Waals surface area contributed by atoms with Crippen molar-refractivity contribution in [2.45, 2.75) is 26.4 Å². The molecule has 2 amide bonds. The predicted molar refractivity (Wildman–Crippen MR) is 119 cm³/mol. The minimum absolute atomic E-state index is 0.0158. The number of aromatic nitrogens is 2. The molecule has 3 aromatic rings. The van der Waals surface area contributed by atoms with E-state index in [2.05, 4.69) is 32.6 Å². The van der Waals surface area contributed by atoms with E-state index in [1.54, 1.807) is 18.2 Å². The molecule has 0 aliphatic heterocycles. The van der Waals surface area contributed by atoms with Gasteiger partial charge in [-0.05, 0) is 47.4 Å². The number of halogens is 1. The van der Waals surface area contributed by atoms with Gasteiger partial charge in [0.15, 0.2) is 0 Å². The Balaban J connectivity index is 1.64. The fraction of sp³-hybridized carbons (Fsp3) is 0.160. The number of hydrogen-bond acceptors (Lipinski definition) is 5. The number of carbonyl (C=O) groups is 2. The zero-order chi connectivity index (χ0) is 23.8. The molecule has 0 saturated carbocycles. The Morgan fingerprint density at radius 2 is 1.70 bits per heavy atom. The van der Waals surface area contributed by atoms with E-state index in [0.717, 1.165) is 23.9 Å². The summed E-state index contributed by atoms with van der Waals surface area (Å²) in [7, 11) is 0. The Kier molecular flexibility index (Phi) is 7.46. The van der Waals surface area contributed by atoms with E-state index in [0.29, 0.717) is 11.1 Å². The summed E-state index contributed by atoms with van der Waals surface area (Å²) in [6.45, 7) is 2.33. The lowest BCUT2D eigenvalue weighted by atomic mass is 10.0. The lowest BCUT2D eigenvalue weighted by Gasteiger charge is -2.10. The van der Waals surface area contributed by atoms with Crippen molar-refractivity contribution in [3.05, 3.63) is 93.8 Å². The van der Waals surface area contributed by atoms with Gasteiger partial charge < -0.3 is 10.6 Å². The maximum atomic E-state index is 13.5. The van der Waals surface area contributed by atoms with Gasteiger partial charge in [0.2, 0.25) is 0 Å². The molecular formula is C25H20FN5O2. The second-order valence-corrected chi connectivity index (χ2v) is 7.06. The number of hydrogen-bond donors (Lipinski definition) is 2. The summed E-state index contributed by atoms with van der Waals surface area (Å²) >= 11 is 0. The van der Waals surface area contributed by atoms with Crippen LogP contribution in [0.2, 0.25) is 0 Å². The van der Waals surface area contributed by atoms with Gasteiger partial charge in [0.1, 0.15) is 23.5 Å². The van der Waals surface area contributed by atoms with Crippen LogP contribution in [0.3, 0.4) is 0 Å². The van der Waals surface area contributed by atoms with Gasteiger partial charge in [-0.25, -0.2) is 14.4 Å². The zero-order valence-electron chi connectivity index (χ0n) is 17.9. The molecule has 164 valence electrons.